The van der Waals surface area contributed by atoms with E-state index in [1.807, 2.05) is 53.1 Å². The molecule has 1 atom stereocenters. The van der Waals surface area contributed by atoms with Crippen LogP contribution in [0.1, 0.15) is 49.9 Å². The van der Waals surface area contributed by atoms with Crippen LogP contribution in [0.15, 0.2) is 53.7 Å². The zero-order chi connectivity index (χ0) is 21.5. The topological polar surface area (TPSA) is 73.8 Å². The van der Waals surface area contributed by atoms with Crippen molar-refractivity contribution in [2.75, 3.05) is 0 Å². The zero-order valence-electron chi connectivity index (χ0n) is 16.7. The van der Waals surface area contributed by atoms with Gasteiger partial charge in [-0.25, -0.2) is 0 Å². The summed E-state index contributed by atoms with van der Waals surface area (Å²) in [6, 6.07) is 15.3. The summed E-state index contributed by atoms with van der Waals surface area (Å²) in [6.07, 6.45) is 3.08. The van der Waals surface area contributed by atoms with E-state index in [0.29, 0.717) is 15.8 Å². The Labute approximate surface area is 191 Å². The highest BCUT2D eigenvalue weighted by molar-refractivity contribution is 7.98. The molecule has 0 aliphatic heterocycles. The number of aromatic nitrogens is 3. The number of benzene rings is 2. The molecule has 0 aliphatic carbocycles. The Kier molecular flexibility index (Phi) is 8.19. The van der Waals surface area contributed by atoms with Crippen molar-refractivity contribution in [3.05, 3.63) is 70.0 Å². The number of rotatable bonds is 10. The normalized spacial score (nSPS) is 12.1. The highest BCUT2D eigenvalue weighted by atomic mass is 35.5. The molecule has 2 aromatic carbocycles. The fourth-order valence-electron chi connectivity index (χ4n) is 3.26. The van der Waals surface area contributed by atoms with Crippen molar-refractivity contribution in [3.8, 4) is 5.69 Å². The van der Waals surface area contributed by atoms with Crippen LogP contribution in [0.2, 0.25) is 10.0 Å². The van der Waals surface area contributed by atoms with Gasteiger partial charge < -0.3 is 5.73 Å². The summed E-state index contributed by atoms with van der Waals surface area (Å²) >= 11 is 13.8. The molecule has 3 aromatic rings. The average Bonchev–Trinajstić information content (AvgIpc) is 3.14. The van der Waals surface area contributed by atoms with Gasteiger partial charge in [-0.2, -0.15) is 0 Å². The van der Waals surface area contributed by atoms with Crippen molar-refractivity contribution in [2.24, 2.45) is 5.73 Å². The van der Waals surface area contributed by atoms with Gasteiger partial charge in [0, 0.05) is 33.8 Å². The van der Waals surface area contributed by atoms with Crippen LogP contribution in [0.5, 0.6) is 0 Å². The zero-order valence-corrected chi connectivity index (χ0v) is 19.1. The third-order valence-corrected chi connectivity index (χ3v) is 6.21. The largest absolute Gasteiger partial charge is 0.370 e. The molecule has 0 bridgehead atoms. The number of hydrogen-bond donors (Lipinski definition) is 1. The van der Waals surface area contributed by atoms with E-state index in [4.69, 9.17) is 28.9 Å². The maximum atomic E-state index is 11.7. The standard InChI is InChI=1S/C22H24Cl2N4OS/c1-2-3-6-16(13-20(25)29)21-26-27-22(28(21)19-10-8-17(23)9-11-19)30-14-15-5-4-7-18(24)12-15/h4-5,7-12,16H,2-3,6,13-14H2,1H3,(H2,25,29). The van der Waals surface area contributed by atoms with Crippen LogP contribution in [0.25, 0.3) is 5.69 Å². The number of unbranched alkanes of at least 4 members (excludes halogenated alkanes) is 1. The minimum absolute atomic E-state index is 0.0915. The average molecular weight is 463 g/mol. The van der Waals surface area contributed by atoms with Crippen molar-refractivity contribution < 1.29 is 4.79 Å². The molecule has 1 unspecified atom stereocenters. The van der Waals surface area contributed by atoms with Crippen molar-refractivity contribution in [1.82, 2.24) is 14.8 Å². The van der Waals surface area contributed by atoms with Crippen LogP contribution in [0.4, 0.5) is 0 Å². The molecule has 5 nitrogen and oxygen atoms in total. The van der Waals surface area contributed by atoms with E-state index in [1.54, 1.807) is 11.8 Å². The predicted molar refractivity (Wildman–Crippen MR) is 123 cm³/mol. The van der Waals surface area contributed by atoms with Gasteiger partial charge in [0.25, 0.3) is 0 Å². The lowest BCUT2D eigenvalue weighted by Crippen LogP contribution is -2.18. The molecule has 158 valence electrons. The van der Waals surface area contributed by atoms with E-state index in [0.717, 1.165) is 41.5 Å². The number of hydrogen-bond acceptors (Lipinski definition) is 4. The fourth-order valence-corrected chi connectivity index (χ4v) is 4.50. The smallest absolute Gasteiger partial charge is 0.218 e. The molecule has 0 saturated carbocycles. The van der Waals surface area contributed by atoms with E-state index < -0.39 is 0 Å². The quantitative estimate of drug-likeness (QED) is 0.374. The molecule has 8 heteroatoms. The first-order valence-corrected chi connectivity index (χ1v) is 11.6. The molecule has 2 N–H and O–H groups in total. The molecule has 1 amide bonds. The first-order valence-electron chi connectivity index (χ1n) is 9.84. The molecular formula is C22H24Cl2N4OS. The highest BCUT2D eigenvalue weighted by Gasteiger charge is 2.24. The second kappa shape index (κ2) is 10.8. The van der Waals surface area contributed by atoms with E-state index in [9.17, 15) is 4.79 Å². The van der Waals surface area contributed by atoms with Crippen LogP contribution in [0, 0.1) is 0 Å². The number of nitrogens with two attached hydrogens (primary N) is 1. The third-order valence-electron chi connectivity index (χ3n) is 4.72. The van der Waals surface area contributed by atoms with Gasteiger partial charge in [0.05, 0.1) is 0 Å². The van der Waals surface area contributed by atoms with Gasteiger partial charge in [0.1, 0.15) is 5.82 Å². The summed E-state index contributed by atoms with van der Waals surface area (Å²) < 4.78 is 2.01. The summed E-state index contributed by atoms with van der Waals surface area (Å²) in [5.74, 6) is 1.01. The number of carbonyl (C=O) groups excluding carboxylic acids is 1. The van der Waals surface area contributed by atoms with Crippen molar-refractivity contribution >= 4 is 40.9 Å². The Bertz CT molecular complexity index is 991. The van der Waals surface area contributed by atoms with Gasteiger partial charge >= 0.3 is 0 Å². The molecule has 0 saturated heterocycles. The Hall–Kier alpha value is -2.02. The van der Waals surface area contributed by atoms with Gasteiger partial charge in [0.15, 0.2) is 5.16 Å². The minimum atomic E-state index is -0.338. The number of halogens is 2. The van der Waals surface area contributed by atoms with Crippen molar-refractivity contribution in [2.45, 2.75) is 49.4 Å². The van der Waals surface area contributed by atoms with Crippen molar-refractivity contribution in [3.63, 3.8) is 0 Å². The maximum absolute atomic E-state index is 11.7. The molecule has 3 rings (SSSR count). The van der Waals surface area contributed by atoms with E-state index in [-0.39, 0.29) is 18.2 Å². The van der Waals surface area contributed by atoms with Gasteiger partial charge in [-0.05, 0) is 48.4 Å². The number of primary amides is 1. The Balaban J connectivity index is 1.97. The lowest BCUT2D eigenvalue weighted by atomic mass is 9.97. The summed E-state index contributed by atoms with van der Waals surface area (Å²) in [6.45, 7) is 2.12. The number of thioether (sulfide) groups is 1. The second-order valence-electron chi connectivity index (χ2n) is 7.08. The highest BCUT2D eigenvalue weighted by Crippen LogP contribution is 2.32. The summed E-state index contributed by atoms with van der Waals surface area (Å²) in [7, 11) is 0. The first-order chi connectivity index (χ1) is 14.5. The monoisotopic (exact) mass is 462 g/mol. The SMILES string of the molecule is CCCCC(CC(N)=O)c1nnc(SCc2cccc(Cl)c2)n1-c1ccc(Cl)cc1. The number of nitrogens with zero attached hydrogens (tertiary/aromatic N) is 3. The summed E-state index contributed by atoms with van der Waals surface area (Å²) in [4.78, 5) is 11.7. The Morgan fingerprint density at radius 3 is 2.57 bits per heavy atom. The Morgan fingerprint density at radius 1 is 1.13 bits per heavy atom. The maximum Gasteiger partial charge on any atom is 0.218 e. The number of amides is 1. The lowest BCUT2D eigenvalue weighted by molar-refractivity contribution is -0.118. The summed E-state index contributed by atoms with van der Waals surface area (Å²) in [5, 5.41) is 11.0. The molecule has 1 heterocycles. The van der Waals surface area contributed by atoms with Crippen LogP contribution >= 0.6 is 35.0 Å². The van der Waals surface area contributed by atoms with Crippen LogP contribution in [-0.2, 0) is 10.5 Å². The van der Waals surface area contributed by atoms with E-state index in [1.165, 1.54) is 0 Å². The van der Waals surface area contributed by atoms with Gasteiger partial charge in [-0.1, -0.05) is 66.9 Å². The summed E-state index contributed by atoms with van der Waals surface area (Å²) in [5.41, 5.74) is 7.53. The molecule has 30 heavy (non-hydrogen) atoms. The molecule has 0 fully saturated rings. The Morgan fingerprint density at radius 2 is 1.90 bits per heavy atom. The van der Waals surface area contributed by atoms with Gasteiger partial charge in [0.2, 0.25) is 5.91 Å². The van der Waals surface area contributed by atoms with E-state index >= 15 is 0 Å². The third kappa shape index (κ3) is 6.00. The predicted octanol–water partition coefficient (Wildman–Crippen LogP) is 6.02. The molecule has 1 aromatic heterocycles. The minimum Gasteiger partial charge on any atom is -0.370 e. The van der Waals surface area contributed by atoms with Gasteiger partial charge in [-0.3, -0.25) is 9.36 Å². The van der Waals surface area contributed by atoms with Crippen molar-refractivity contribution in [1.29, 1.82) is 0 Å². The fraction of sp³-hybridized carbons (Fsp3) is 0.318. The van der Waals surface area contributed by atoms with E-state index in [2.05, 4.69) is 17.1 Å². The number of carbonyl (C=O) groups is 1. The second-order valence-corrected chi connectivity index (χ2v) is 8.90. The van der Waals surface area contributed by atoms with Crippen LogP contribution in [0.3, 0.4) is 0 Å². The molecule has 0 radical (unpaired) electrons. The lowest BCUT2D eigenvalue weighted by Gasteiger charge is -2.17. The first kappa shape index (κ1) is 22.7. The van der Waals surface area contributed by atoms with Crippen LogP contribution in [-0.4, -0.2) is 20.7 Å². The molecular weight excluding hydrogens is 439 g/mol. The molecule has 0 aliphatic rings. The van der Waals surface area contributed by atoms with Gasteiger partial charge in [-0.15, -0.1) is 10.2 Å². The van der Waals surface area contributed by atoms with Crippen LogP contribution < -0.4 is 5.73 Å². The molecule has 0 spiro atoms.